The number of benzene rings is 3. The van der Waals surface area contributed by atoms with Crippen molar-refractivity contribution in [3.05, 3.63) is 95.6 Å². The average molecular weight is 556 g/mol. The molecule has 1 heterocycles. The number of hydrogen-bond donors (Lipinski definition) is 3. The van der Waals surface area contributed by atoms with Gasteiger partial charge in [-0.1, -0.05) is 99.1 Å². The zero-order valence-corrected chi connectivity index (χ0v) is 23.5. The standard InChI is InChI=1S/C33H37N3O5/c1-3-22(2)29(30(37)38)34-31(39)33(17-18-36(21-33)19-23-11-5-4-6-12-23)35-32(40)41-20-28-26-15-9-7-13-24(26)25-14-8-10-16-27(25)28/h4-16,22,28-29H,3,17-21H2,1-2H3,(H,34,39)(H,35,40)(H,37,38)/t22?,29-,33?/m0/s1. The van der Waals surface area contributed by atoms with Crippen LogP contribution in [0.25, 0.3) is 11.1 Å². The Labute approximate surface area is 240 Å². The van der Waals surface area contributed by atoms with Gasteiger partial charge in [0.15, 0.2) is 0 Å². The summed E-state index contributed by atoms with van der Waals surface area (Å²) in [4.78, 5) is 41.2. The predicted molar refractivity (Wildman–Crippen MR) is 156 cm³/mol. The molecular weight excluding hydrogens is 518 g/mol. The highest BCUT2D eigenvalue weighted by molar-refractivity contribution is 5.93. The number of rotatable bonds is 10. The Bertz CT molecular complexity index is 1370. The number of likely N-dealkylation sites (tertiary alicyclic amines) is 1. The molecule has 2 unspecified atom stereocenters. The summed E-state index contributed by atoms with van der Waals surface area (Å²) in [6.07, 6.45) is 0.228. The lowest BCUT2D eigenvalue weighted by Gasteiger charge is -2.32. The maximum absolute atomic E-state index is 13.8. The molecule has 0 radical (unpaired) electrons. The van der Waals surface area contributed by atoms with Crippen molar-refractivity contribution in [2.45, 2.75) is 50.7 Å². The van der Waals surface area contributed by atoms with Crippen molar-refractivity contribution in [2.24, 2.45) is 5.92 Å². The first-order valence-corrected chi connectivity index (χ1v) is 14.2. The predicted octanol–water partition coefficient (Wildman–Crippen LogP) is 4.79. The highest BCUT2D eigenvalue weighted by Gasteiger charge is 2.47. The molecule has 2 amide bonds. The summed E-state index contributed by atoms with van der Waals surface area (Å²) in [5.74, 6) is -1.99. The van der Waals surface area contributed by atoms with E-state index < -0.39 is 29.6 Å². The van der Waals surface area contributed by atoms with Crippen molar-refractivity contribution >= 4 is 18.0 Å². The van der Waals surface area contributed by atoms with E-state index in [1.807, 2.05) is 61.5 Å². The first kappa shape index (κ1) is 28.4. The van der Waals surface area contributed by atoms with Gasteiger partial charge in [-0.25, -0.2) is 9.59 Å². The van der Waals surface area contributed by atoms with E-state index in [1.165, 1.54) is 0 Å². The largest absolute Gasteiger partial charge is 0.480 e. The van der Waals surface area contributed by atoms with E-state index >= 15 is 0 Å². The van der Waals surface area contributed by atoms with Crippen molar-refractivity contribution < 1.29 is 24.2 Å². The molecule has 0 spiro atoms. The van der Waals surface area contributed by atoms with Crippen molar-refractivity contribution in [2.75, 3.05) is 19.7 Å². The third kappa shape index (κ3) is 5.98. The molecule has 3 aromatic rings. The molecule has 3 atom stereocenters. The quantitative estimate of drug-likeness (QED) is 0.332. The van der Waals surface area contributed by atoms with Crippen LogP contribution < -0.4 is 10.6 Å². The number of ether oxygens (including phenoxy) is 1. The van der Waals surface area contributed by atoms with E-state index in [1.54, 1.807) is 6.92 Å². The van der Waals surface area contributed by atoms with Gasteiger partial charge in [0, 0.05) is 25.6 Å². The van der Waals surface area contributed by atoms with Crippen LogP contribution in [0.1, 0.15) is 49.3 Å². The Balaban J connectivity index is 1.33. The fraction of sp³-hybridized carbons (Fsp3) is 0.364. The summed E-state index contributed by atoms with van der Waals surface area (Å²) in [5, 5.41) is 15.4. The molecule has 1 saturated heterocycles. The lowest BCUT2D eigenvalue weighted by Crippen LogP contribution is -2.63. The number of carboxylic acid groups (broad SMARTS) is 1. The zero-order chi connectivity index (χ0) is 29.0. The monoisotopic (exact) mass is 555 g/mol. The number of alkyl carbamates (subject to hydrolysis) is 1. The van der Waals surface area contributed by atoms with Gasteiger partial charge in [0.2, 0.25) is 5.91 Å². The van der Waals surface area contributed by atoms with Crippen LogP contribution in [-0.2, 0) is 20.9 Å². The number of nitrogens with zero attached hydrogens (tertiary/aromatic N) is 1. The van der Waals surface area contributed by atoms with Crippen molar-refractivity contribution in [1.82, 2.24) is 15.5 Å². The van der Waals surface area contributed by atoms with Gasteiger partial charge in [-0.2, -0.15) is 0 Å². The summed E-state index contributed by atoms with van der Waals surface area (Å²) < 4.78 is 5.79. The third-order valence-corrected chi connectivity index (χ3v) is 8.48. The molecular formula is C33H37N3O5. The highest BCUT2D eigenvalue weighted by atomic mass is 16.5. The number of nitrogens with one attached hydrogen (secondary N) is 2. The molecule has 3 aromatic carbocycles. The SMILES string of the molecule is CCC(C)[C@H](NC(=O)C1(NC(=O)OCC2c3ccccc3-c3ccccc32)CCN(Cc2ccccc2)C1)C(=O)O. The minimum absolute atomic E-state index is 0.113. The molecule has 1 aliphatic carbocycles. The Morgan fingerprint density at radius 3 is 2.20 bits per heavy atom. The first-order chi connectivity index (χ1) is 19.8. The summed E-state index contributed by atoms with van der Waals surface area (Å²) in [6, 6.07) is 25.1. The van der Waals surface area contributed by atoms with Gasteiger partial charge < -0.3 is 20.5 Å². The Morgan fingerprint density at radius 2 is 1.59 bits per heavy atom. The summed E-state index contributed by atoms with van der Waals surface area (Å²) in [7, 11) is 0. The highest BCUT2D eigenvalue weighted by Crippen LogP contribution is 2.44. The molecule has 5 rings (SSSR count). The molecule has 2 aliphatic rings. The van der Waals surface area contributed by atoms with E-state index in [0.717, 1.165) is 27.8 Å². The number of hydrogen-bond acceptors (Lipinski definition) is 5. The zero-order valence-electron chi connectivity index (χ0n) is 23.5. The maximum atomic E-state index is 13.8. The van der Waals surface area contributed by atoms with Crippen LogP contribution in [0.15, 0.2) is 78.9 Å². The lowest BCUT2D eigenvalue weighted by atomic mass is 9.94. The molecule has 0 bridgehead atoms. The maximum Gasteiger partial charge on any atom is 0.408 e. The number of fused-ring (bicyclic) bond motifs is 3. The average Bonchev–Trinajstić information content (AvgIpc) is 3.54. The molecule has 214 valence electrons. The van der Waals surface area contributed by atoms with E-state index in [4.69, 9.17) is 4.74 Å². The van der Waals surface area contributed by atoms with E-state index in [9.17, 15) is 19.5 Å². The van der Waals surface area contributed by atoms with Crippen LogP contribution >= 0.6 is 0 Å². The summed E-state index contributed by atoms with van der Waals surface area (Å²) in [6.45, 7) is 5.21. The molecule has 8 nitrogen and oxygen atoms in total. The van der Waals surface area contributed by atoms with Crippen molar-refractivity contribution in [1.29, 1.82) is 0 Å². The van der Waals surface area contributed by atoms with Crippen LogP contribution in [-0.4, -0.2) is 59.3 Å². The molecule has 1 aliphatic heterocycles. The fourth-order valence-corrected chi connectivity index (χ4v) is 6.00. The smallest absolute Gasteiger partial charge is 0.408 e. The molecule has 3 N–H and O–H groups in total. The normalized spacial score (nSPS) is 19.6. The van der Waals surface area contributed by atoms with Crippen LogP contribution in [0, 0.1) is 5.92 Å². The molecule has 0 aromatic heterocycles. The molecule has 0 saturated carbocycles. The number of aliphatic carboxylic acids is 1. The van der Waals surface area contributed by atoms with Gasteiger partial charge in [0.25, 0.3) is 0 Å². The summed E-state index contributed by atoms with van der Waals surface area (Å²) >= 11 is 0. The number of carboxylic acids is 1. The second kappa shape index (κ2) is 12.1. The van der Waals surface area contributed by atoms with Gasteiger partial charge in [0.1, 0.15) is 18.2 Å². The Kier molecular flexibility index (Phi) is 8.40. The second-order valence-electron chi connectivity index (χ2n) is 11.2. The number of amides is 2. The number of carbonyl (C=O) groups excluding carboxylic acids is 2. The van der Waals surface area contributed by atoms with Crippen LogP contribution in [0.3, 0.4) is 0 Å². The minimum atomic E-state index is -1.32. The van der Waals surface area contributed by atoms with Crippen LogP contribution in [0.5, 0.6) is 0 Å². The lowest BCUT2D eigenvalue weighted by molar-refractivity contribution is -0.144. The van der Waals surface area contributed by atoms with Crippen molar-refractivity contribution in [3.8, 4) is 11.1 Å². The van der Waals surface area contributed by atoms with Gasteiger partial charge in [-0.15, -0.1) is 0 Å². The Morgan fingerprint density at radius 1 is 0.976 bits per heavy atom. The minimum Gasteiger partial charge on any atom is -0.480 e. The topological polar surface area (TPSA) is 108 Å². The van der Waals surface area contributed by atoms with Gasteiger partial charge in [-0.05, 0) is 40.2 Å². The van der Waals surface area contributed by atoms with Crippen molar-refractivity contribution in [3.63, 3.8) is 0 Å². The van der Waals surface area contributed by atoms with E-state index in [2.05, 4.69) is 39.8 Å². The number of carbonyl (C=O) groups is 3. The summed E-state index contributed by atoms with van der Waals surface area (Å²) in [5.41, 5.74) is 4.23. The van der Waals surface area contributed by atoms with E-state index in [-0.39, 0.29) is 25.0 Å². The fourth-order valence-electron chi connectivity index (χ4n) is 6.00. The third-order valence-electron chi connectivity index (χ3n) is 8.48. The second-order valence-corrected chi connectivity index (χ2v) is 11.2. The first-order valence-electron chi connectivity index (χ1n) is 14.2. The Hall–Kier alpha value is -4.17. The van der Waals surface area contributed by atoms with Gasteiger partial charge in [-0.3, -0.25) is 9.69 Å². The van der Waals surface area contributed by atoms with Gasteiger partial charge >= 0.3 is 12.1 Å². The molecule has 8 heteroatoms. The van der Waals surface area contributed by atoms with Crippen LogP contribution in [0.4, 0.5) is 4.79 Å². The van der Waals surface area contributed by atoms with Crippen LogP contribution in [0.2, 0.25) is 0 Å². The van der Waals surface area contributed by atoms with Gasteiger partial charge in [0.05, 0.1) is 0 Å². The molecule has 41 heavy (non-hydrogen) atoms. The molecule has 1 fully saturated rings. The van der Waals surface area contributed by atoms with E-state index in [0.29, 0.717) is 25.9 Å².